The van der Waals surface area contributed by atoms with Crippen molar-refractivity contribution < 1.29 is 5.11 Å². The lowest BCUT2D eigenvalue weighted by molar-refractivity contribution is 0.141. The minimum absolute atomic E-state index is 0.347. The predicted octanol–water partition coefficient (Wildman–Crippen LogP) is 0.671. The van der Waals surface area contributed by atoms with E-state index in [9.17, 15) is 0 Å². The summed E-state index contributed by atoms with van der Waals surface area (Å²) in [6, 6.07) is 2.10. The zero-order chi connectivity index (χ0) is 6.20. The Labute approximate surface area is 48.7 Å². The second-order valence-corrected chi connectivity index (χ2v) is 2.44. The van der Waals surface area contributed by atoms with Gasteiger partial charge in [-0.05, 0) is 19.8 Å². The highest BCUT2D eigenvalue weighted by molar-refractivity contribution is 5.12. The highest BCUT2D eigenvalue weighted by atomic mass is 16.3. The third-order valence-electron chi connectivity index (χ3n) is 1.81. The van der Waals surface area contributed by atoms with Crippen molar-refractivity contribution in [3.8, 4) is 6.07 Å². The zero-order valence-corrected chi connectivity index (χ0v) is 4.89. The summed E-state index contributed by atoms with van der Waals surface area (Å²) >= 11 is 0. The maximum absolute atomic E-state index is 8.92. The van der Waals surface area contributed by atoms with E-state index in [4.69, 9.17) is 10.4 Å². The lowest BCUT2D eigenvalue weighted by Gasteiger charge is -2.06. The fraction of sp³-hybridized carbons (Fsp3) is 0.833. The van der Waals surface area contributed by atoms with Gasteiger partial charge in [0.05, 0.1) is 17.6 Å². The summed E-state index contributed by atoms with van der Waals surface area (Å²) in [7, 11) is 0. The van der Waals surface area contributed by atoms with E-state index in [1.54, 1.807) is 6.92 Å². The molecule has 2 heteroatoms. The predicted molar refractivity (Wildman–Crippen MR) is 29.0 cm³/mol. The Morgan fingerprint density at radius 3 is 2.25 bits per heavy atom. The molecule has 0 aromatic rings. The van der Waals surface area contributed by atoms with Crippen molar-refractivity contribution in [1.29, 1.82) is 5.26 Å². The van der Waals surface area contributed by atoms with E-state index in [0.717, 1.165) is 12.8 Å². The van der Waals surface area contributed by atoms with Gasteiger partial charge in [-0.1, -0.05) is 0 Å². The van der Waals surface area contributed by atoms with Gasteiger partial charge in [-0.2, -0.15) is 5.26 Å². The number of hydrogen-bond acceptors (Lipinski definition) is 2. The Morgan fingerprint density at radius 2 is 2.25 bits per heavy atom. The van der Waals surface area contributed by atoms with Gasteiger partial charge in [0.2, 0.25) is 0 Å². The molecule has 1 saturated carbocycles. The molecule has 0 aromatic heterocycles. The first-order valence-electron chi connectivity index (χ1n) is 2.80. The van der Waals surface area contributed by atoms with Crippen LogP contribution in [0.3, 0.4) is 0 Å². The Kier molecular flexibility index (Phi) is 1.02. The standard InChI is InChI=1S/C6H9NO/c1-5(8)6(4-7)2-3-6/h5,8H,2-3H2,1H3/t5-/m0/s1. The van der Waals surface area contributed by atoms with Gasteiger partial charge in [-0.15, -0.1) is 0 Å². The minimum atomic E-state index is -0.438. The smallest absolute Gasteiger partial charge is 0.0830 e. The molecule has 1 fully saturated rings. The molecule has 1 N–H and O–H groups in total. The molecule has 0 unspecified atom stereocenters. The van der Waals surface area contributed by atoms with Gasteiger partial charge in [0.25, 0.3) is 0 Å². The molecule has 0 aliphatic heterocycles. The van der Waals surface area contributed by atoms with Crippen LogP contribution < -0.4 is 0 Å². The first-order chi connectivity index (χ1) is 3.71. The number of hydrogen-bond donors (Lipinski definition) is 1. The molecule has 1 rings (SSSR count). The van der Waals surface area contributed by atoms with Crippen LogP contribution in [-0.2, 0) is 0 Å². The summed E-state index contributed by atoms with van der Waals surface area (Å²) < 4.78 is 0. The summed E-state index contributed by atoms with van der Waals surface area (Å²) in [5.41, 5.74) is -0.347. The lowest BCUT2D eigenvalue weighted by Crippen LogP contribution is -2.14. The molecule has 1 aliphatic carbocycles. The largest absolute Gasteiger partial charge is 0.392 e. The summed E-state index contributed by atoms with van der Waals surface area (Å²) in [6.45, 7) is 1.68. The van der Waals surface area contributed by atoms with E-state index in [0.29, 0.717) is 0 Å². The number of nitrogens with zero attached hydrogens (tertiary/aromatic N) is 1. The summed E-state index contributed by atoms with van der Waals surface area (Å²) in [4.78, 5) is 0. The molecule has 0 aromatic carbocycles. The Bertz CT molecular complexity index is 130. The Morgan fingerprint density at radius 1 is 1.75 bits per heavy atom. The maximum Gasteiger partial charge on any atom is 0.0830 e. The third-order valence-corrected chi connectivity index (χ3v) is 1.81. The first kappa shape index (κ1) is 5.58. The zero-order valence-electron chi connectivity index (χ0n) is 4.89. The van der Waals surface area contributed by atoms with Crippen LogP contribution in [0.5, 0.6) is 0 Å². The van der Waals surface area contributed by atoms with Gasteiger partial charge < -0.3 is 5.11 Å². The van der Waals surface area contributed by atoms with Crippen molar-refractivity contribution >= 4 is 0 Å². The quantitative estimate of drug-likeness (QED) is 0.540. The maximum atomic E-state index is 8.92. The number of aliphatic hydroxyl groups is 1. The molecular weight excluding hydrogens is 102 g/mol. The molecule has 0 radical (unpaired) electrons. The van der Waals surface area contributed by atoms with Crippen LogP contribution in [0.25, 0.3) is 0 Å². The van der Waals surface area contributed by atoms with E-state index in [1.807, 2.05) is 0 Å². The minimum Gasteiger partial charge on any atom is -0.392 e. The van der Waals surface area contributed by atoms with Crippen molar-refractivity contribution in [1.82, 2.24) is 0 Å². The highest BCUT2D eigenvalue weighted by Crippen LogP contribution is 2.47. The van der Waals surface area contributed by atoms with Gasteiger partial charge in [-0.25, -0.2) is 0 Å². The third kappa shape index (κ3) is 0.597. The molecule has 44 valence electrons. The number of aliphatic hydroxyl groups excluding tert-OH is 1. The molecular formula is C6H9NO. The summed E-state index contributed by atoms with van der Waals surface area (Å²) in [5.74, 6) is 0. The van der Waals surface area contributed by atoms with Gasteiger partial charge >= 0.3 is 0 Å². The average Bonchev–Trinajstić information content (AvgIpc) is 2.44. The summed E-state index contributed by atoms with van der Waals surface area (Å²) in [6.07, 6.45) is 1.31. The van der Waals surface area contributed by atoms with Crippen LogP contribution in [0.1, 0.15) is 19.8 Å². The molecule has 1 atom stereocenters. The molecule has 0 spiro atoms. The molecule has 1 aliphatic rings. The van der Waals surface area contributed by atoms with Crippen LogP contribution in [0.4, 0.5) is 0 Å². The highest BCUT2D eigenvalue weighted by Gasteiger charge is 2.47. The van der Waals surface area contributed by atoms with Crippen molar-refractivity contribution in [2.45, 2.75) is 25.9 Å². The monoisotopic (exact) mass is 111 g/mol. The van der Waals surface area contributed by atoms with Crippen LogP contribution >= 0.6 is 0 Å². The normalized spacial score (nSPS) is 26.1. The van der Waals surface area contributed by atoms with E-state index in [-0.39, 0.29) is 5.41 Å². The van der Waals surface area contributed by atoms with Crippen LogP contribution in [0, 0.1) is 16.7 Å². The number of rotatable bonds is 1. The lowest BCUT2D eigenvalue weighted by atomic mass is 10.0. The van der Waals surface area contributed by atoms with E-state index >= 15 is 0 Å². The van der Waals surface area contributed by atoms with Crippen LogP contribution in [-0.4, -0.2) is 11.2 Å². The van der Waals surface area contributed by atoms with Gasteiger partial charge in [0, 0.05) is 0 Å². The molecule has 0 amide bonds. The van der Waals surface area contributed by atoms with Crippen molar-refractivity contribution in [2.24, 2.45) is 5.41 Å². The molecule has 8 heavy (non-hydrogen) atoms. The fourth-order valence-corrected chi connectivity index (χ4v) is 0.758. The molecule has 2 nitrogen and oxygen atoms in total. The fourth-order valence-electron chi connectivity index (χ4n) is 0.758. The average molecular weight is 111 g/mol. The first-order valence-corrected chi connectivity index (χ1v) is 2.80. The SMILES string of the molecule is C[C@H](O)C1(C#N)CC1. The summed E-state index contributed by atoms with van der Waals surface area (Å²) in [5, 5.41) is 17.3. The topological polar surface area (TPSA) is 44.0 Å². The molecule has 0 bridgehead atoms. The van der Waals surface area contributed by atoms with Gasteiger partial charge in [0.1, 0.15) is 0 Å². The second-order valence-electron chi connectivity index (χ2n) is 2.44. The van der Waals surface area contributed by atoms with Crippen LogP contribution in [0.2, 0.25) is 0 Å². The van der Waals surface area contributed by atoms with Crippen molar-refractivity contribution in [3.63, 3.8) is 0 Å². The van der Waals surface area contributed by atoms with Gasteiger partial charge in [-0.3, -0.25) is 0 Å². The van der Waals surface area contributed by atoms with Crippen molar-refractivity contribution in [2.75, 3.05) is 0 Å². The second kappa shape index (κ2) is 1.46. The van der Waals surface area contributed by atoms with Crippen LogP contribution in [0.15, 0.2) is 0 Å². The van der Waals surface area contributed by atoms with E-state index in [1.165, 1.54) is 0 Å². The molecule has 0 heterocycles. The van der Waals surface area contributed by atoms with Crippen molar-refractivity contribution in [3.05, 3.63) is 0 Å². The molecule has 0 saturated heterocycles. The Balaban J connectivity index is 2.57. The van der Waals surface area contributed by atoms with E-state index < -0.39 is 6.10 Å². The van der Waals surface area contributed by atoms with Gasteiger partial charge in [0.15, 0.2) is 0 Å². The number of nitriles is 1. The Hall–Kier alpha value is -0.550. The van der Waals surface area contributed by atoms with E-state index in [2.05, 4.69) is 6.07 Å².